The number of rotatable bonds is 16. The minimum Gasteiger partial charge on any atom is -0.481 e. The summed E-state index contributed by atoms with van der Waals surface area (Å²) >= 11 is 0. The van der Waals surface area contributed by atoms with Gasteiger partial charge in [0.2, 0.25) is 17.7 Å². The summed E-state index contributed by atoms with van der Waals surface area (Å²) in [5, 5.41) is 26.9. The van der Waals surface area contributed by atoms with Gasteiger partial charge in [-0.25, -0.2) is 14.4 Å². The molecule has 3 aromatic carbocycles. The molecule has 86 heavy (non-hydrogen) atoms. The second kappa shape index (κ2) is 30.1. The Labute approximate surface area is 496 Å². The van der Waals surface area contributed by atoms with Crippen LogP contribution >= 0.6 is 0 Å². The number of esters is 1. The van der Waals surface area contributed by atoms with Gasteiger partial charge in [0.1, 0.15) is 49.5 Å². The maximum absolute atomic E-state index is 12.9. The minimum atomic E-state index is -1.07. The van der Waals surface area contributed by atoms with E-state index >= 15 is 0 Å². The predicted molar refractivity (Wildman–Crippen MR) is 300 cm³/mol. The Morgan fingerprint density at radius 2 is 0.860 bits per heavy atom. The molecule has 9 atom stereocenters. The molecular weight excluding hydrogens is 1120 g/mol. The summed E-state index contributed by atoms with van der Waals surface area (Å²) in [5.41, 5.74) is 2.54. The molecule has 0 unspecified atom stereocenters. The number of ketones is 2. The van der Waals surface area contributed by atoms with Crippen LogP contribution in [0.25, 0.3) is 0 Å². The first kappa shape index (κ1) is 63.6. The van der Waals surface area contributed by atoms with Crippen LogP contribution in [0.5, 0.6) is 0 Å². The average molecular weight is 1200 g/mol. The number of carbonyl (C=O) groups excluding carboxylic acids is 9. The van der Waals surface area contributed by atoms with Gasteiger partial charge in [-0.15, -0.1) is 0 Å². The lowest BCUT2D eigenvalue weighted by Gasteiger charge is -2.42. The first-order chi connectivity index (χ1) is 41.4. The molecule has 6 amide bonds. The fraction of sp³-hybridized carbons (Fsp3) is 0.525. The van der Waals surface area contributed by atoms with Crippen molar-refractivity contribution in [3.05, 3.63) is 108 Å². The molecular formula is C61H74N6O19. The Morgan fingerprint density at radius 1 is 0.500 bits per heavy atom. The van der Waals surface area contributed by atoms with Crippen molar-refractivity contribution >= 4 is 65.5 Å². The Balaban J connectivity index is 0.000000168. The van der Waals surface area contributed by atoms with E-state index in [4.69, 9.17) is 28.4 Å². The largest absolute Gasteiger partial charge is 0.481 e. The van der Waals surface area contributed by atoms with Crippen molar-refractivity contribution in [3.8, 4) is 0 Å². The highest BCUT2D eigenvalue weighted by molar-refractivity contribution is 5.92. The molecule has 0 bridgehead atoms. The van der Waals surface area contributed by atoms with E-state index in [1.54, 1.807) is 16.7 Å². The number of hydrogen-bond acceptors (Lipinski definition) is 17. The number of nitrogens with one attached hydrogen (secondary N) is 3. The topological polar surface area (TPSA) is 329 Å². The summed E-state index contributed by atoms with van der Waals surface area (Å²) in [4.78, 5) is 138. The molecule has 7 aliphatic rings. The smallest absolute Gasteiger partial charge is 0.408 e. The Bertz CT molecular complexity index is 2910. The van der Waals surface area contributed by atoms with Crippen molar-refractivity contribution in [2.45, 2.75) is 146 Å². The Morgan fingerprint density at radius 3 is 1.23 bits per heavy atom. The number of Topliss-reactive ketones (excluding diaryl/α,β-unsaturated/α-hetero) is 2. The van der Waals surface area contributed by atoms with E-state index < -0.39 is 89.9 Å². The lowest BCUT2D eigenvalue weighted by Crippen LogP contribution is -2.54. The van der Waals surface area contributed by atoms with E-state index in [0.717, 1.165) is 16.7 Å². The van der Waals surface area contributed by atoms with E-state index in [9.17, 15) is 63.0 Å². The van der Waals surface area contributed by atoms with Crippen molar-refractivity contribution < 1.29 is 91.4 Å². The molecule has 0 aromatic heterocycles. The lowest BCUT2D eigenvalue weighted by atomic mass is 9.80. The number of hydrogen-bond donors (Lipinski definition) is 5. The molecule has 0 radical (unpaired) electrons. The van der Waals surface area contributed by atoms with Crippen molar-refractivity contribution in [2.75, 3.05) is 39.5 Å². The van der Waals surface area contributed by atoms with Crippen LogP contribution < -0.4 is 16.0 Å². The number of carbonyl (C=O) groups is 11. The van der Waals surface area contributed by atoms with Crippen LogP contribution in [0.15, 0.2) is 91.0 Å². The molecule has 5 N–H and O–H groups in total. The van der Waals surface area contributed by atoms with E-state index in [0.29, 0.717) is 84.2 Å². The van der Waals surface area contributed by atoms with Crippen LogP contribution in [0.2, 0.25) is 0 Å². The molecule has 4 heterocycles. The maximum Gasteiger partial charge on any atom is 0.408 e. The molecule has 462 valence electrons. The van der Waals surface area contributed by atoms with E-state index in [1.165, 1.54) is 4.90 Å². The van der Waals surface area contributed by atoms with Gasteiger partial charge in [-0.3, -0.25) is 38.4 Å². The number of ether oxygens (including phenoxy) is 6. The first-order valence-electron chi connectivity index (χ1n) is 29.2. The third kappa shape index (κ3) is 16.7. The van der Waals surface area contributed by atoms with Gasteiger partial charge in [0.15, 0.2) is 5.79 Å². The van der Waals surface area contributed by atoms with Gasteiger partial charge in [-0.05, 0) is 62.1 Å². The number of carboxylic acids is 2. The molecule has 3 aliphatic carbocycles. The van der Waals surface area contributed by atoms with E-state index in [-0.39, 0.29) is 87.4 Å². The summed E-state index contributed by atoms with van der Waals surface area (Å²) in [7, 11) is 0. The summed E-state index contributed by atoms with van der Waals surface area (Å²) in [6.07, 6.45) is 1.88. The number of alkyl carbamates (subject to hydrolysis) is 3. The average Bonchev–Trinajstić information content (AvgIpc) is 3.33. The third-order valence-electron chi connectivity index (χ3n) is 16.6. The standard InChI is InChI=1S/C21H26N2O7.C21H26N2O6.C19H22N2O6/c24-18-16(22-20(27)28-13-14-4-2-1-3-5-14)7-9-23(18)17-6-8-21(29-10-11-30-21)12-15(17)19(25)26;1-2-28-20(26)16-12-15(24)8-9-18(16)23-11-10-17(19(23)25)22-21(27)29-13-14-6-4-3-5-7-14;22-13-6-7-16(14(10-13)18(24)25)21-9-8-15(17(21)23)20-19(26)27-11-12-4-2-1-3-5-12/h1-5,15-17H,6-13H2,(H,22,27)(H,25,26);3-7,16-18H,2,8-13H2,1H3,(H,22,27);1-5,14-16H,6-11H2,(H,20,26)(H,24,25)/t15-,16+,17+;16-,17+,18+;14-,15+,16+/m111/s1. The molecule has 3 saturated carbocycles. The van der Waals surface area contributed by atoms with Gasteiger partial charge >= 0.3 is 36.2 Å². The SMILES string of the molecule is CCOC(=O)[C@@H]1CC(=O)CC[C@@H]1N1CC[C@H](NC(=O)OCc2ccccc2)C1=O.O=C(N[C@H]1CCN([C@H]2CCC3(C[C@H]2C(=O)O)OCCO3)C1=O)OCc1ccccc1.O=C1CC[C@H](N2CC[C@H](NC(=O)OCc3ccccc3)C2=O)[C@H](C(=O)O)C1. The van der Waals surface area contributed by atoms with Gasteiger partial charge in [0.25, 0.3) is 0 Å². The van der Waals surface area contributed by atoms with Gasteiger partial charge in [0.05, 0.1) is 37.6 Å². The maximum atomic E-state index is 12.9. The zero-order chi connectivity index (χ0) is 61.3. The summed E-state index contributed by atoms with van der Waals surface area (Å²) in [5.74, 6) is -6.58. The van der Waals surface area contributed by atoms with Crippen LogP contribution in [0.1, 0.15) is 101 Å². The summed E-state index contributed by atoms with van der Waals surface area (Å²) < 4.78 is 32.0. The molecule has 4 saturated heterocycles. The third-order valence-corrected chi connectivity index (χ3v) is 16.6. The van der Waals surface area contributed by atoms with Gasteiger partial charge in [0, 0.05) is 76.3 Å². The number of amides is 6. The minimum absolute atomic E-state index is 0.00473. The summed E-state index contributed by atoms with van der Waals surface area (Å²) in [6, 6.07) is 24.2. The fourth-order valence-electron chi connectivity index (χ4n) is 12.2. The lowest BCUT2D eigenvalue weighted by molar-refractivity contribution is -0.202. The number of carboxylic acid groups (broad SMARTS) is 2. The monoisotopic (exact) mass is 1190 g/mol. The predicted octanol–water partition coefficient (Wildman–Crippen LogP) is 4.66. The van der Waals surface area contributed by atoms with Crippen molar-refractivity contribution in [1.82, 2.24) is 30.7 Å². The van der Waals surface area contributed by atoms with Gasteiger partial charge < -0.3 is 69.3 Å². The zero-order valence-electron chi connectivity index (χ0n) is 47.9. The van der Waals surface area contributed by atoms with Crippen LogP contribution in [0.4, 0.5) is 14.4 Å². The molecule has 25 nitrogen and oxygen atoms in total. The van der Waals surface area contributed by atoms with Crippen LogP contribution in [0, 0.1) is 17.8 Å². The van der Waals surface area contributed by atoms with Crippen LogP contribution in [-0.4, -0.2) is 172 Å². The fourth-order valence-corrected chi connectivity index (χ4v) is 12.2. The number of nitrogens with zero attached hydrogens (tertiary/aromatic N) is 3. The van der Waals surface area contributed by atoms with Crippen molar-refractivity contribution in [2.24, 2.45) is 17.8 Å². The van der Waals surface area contributed by atoms with E-state index in [1.807, 2.05) is 91.0 Å². The second-order valence-electron chi connectivity index (χ2n) is 22.1. The Kier molecular flexibility index (Phi) is 22.2. The number of likely N-dealkylation sites (tertiary alicyclic amines) is 3. The quantitative estimate of drug-likeness (QED) is 0.0961. The molecule has 25 heteroatoms. The second-order valence-corrected chi connectivity index (χ2v) is 22.1. The Hall–Kier alpha value is -8.45. The normalized spacial score (nSPS) is 25.9. The highest BCUT2D eigenvalue weighted by Gasteiger charge is 2.52. The molecule has 7 fully saturated rings. The van der Waals surface area contributed by atoms with E-state index in [2.05, 4.69) is 16.0 Å². The van der Waals surface area contributed by atoms with Gasteiger partial charge in [-0.2, -0.15) is 0 Å². The molecule has 1 spiro atoms. The van der Waals surface area contributed by atoms with Gasteiger partial charge in [-0.1, -0.05) is 91.0 Å². The highest BCUT2D eigenvalue weighted by Crippen LogP contribution is 2.42. The molecule has 4 aliphatic heterocycles. The number of aliphatic carboxylic acids is 2. The zero-order valence-corrected chi connectivity index (χ0v) is 47.9. The van der Waals surface area contributed by atoms with Crippen LogP contribution in [-0.2, 0) is 86.6 Å². The number of benzene rings is 3. The van der Waals surface area contributed by atoms with Crippen LogP contribution in [0.3, 0.4) is 0 Å². The van der Waals surface area contributed by atoms with Crippen molar-refractivity contribution in [1.29, 1.82) is 0 Å². The summed E-state index contributed by atoms with van der Waals surface area (Å²) in [6.45, 7) is 4.34. The highest BCUT2D eigenvalue weighted by atomic mass is 16.7. The first-order valence-corrected chi connectivity index (χ1v) is 29.2. The molecule has 3 aromatic rings. The molecule has 10 rings (SSSR count). The van der Waals surface area contributed by atoms with Crippen molar-refractivity contribution in [3.63, 3.8) is 0 Å².